The molecule has 35 heavy (non-hydrogen) atoms. The fourth-order valence-corrected chi connectivity index (χ4v) is 6.78. The van der Waals surface area contributed by atoms with Gasteiger partial charge >= 0.3 is 0 Å². The number of phenolic OH excluding ortho intramolecular Hbond substituents is 2. The summed E-state index contributed by atoms with van der Waals surface area (Å²) >= 11 is 0. The molecule has 0 aromatic heterocycles. The molecule has 2 heterocycles. The highest BCUT2D eigenvalue weighted by molar-refractivity contribution is 7.91. The van der Waals surface area contributed by atoms with Gasteiger partial charge in [0.15, 0.2) is 9.84 Å². The lowest BCUT2D eigenvalue weighted by Crippen LogP contribution is -2.33. The molecular formula is C27H29NO6S. The van der Waals surface area contributed by atoms with Crippen LogP contribution in [0.15, 0.2) is 71.6 Å². The van der Waals surface area contributed by atoms with E-state index in [1.807, 2.05) is 24.3 Å². The average molecular weight is 496 g/mol. The van der Waals surface area contributed by atoms with Crippen molar-refractivity contribution in [1.29, 1.82) is 0 Å². The summed E-state index contributed by atoms with van der Waals surface area (Å²) in [7, 11) is -3.85. The van der Waals surface area contributed by atoms with Gasteiger partial charge in [-0.2, -0.15) is 0 Å². The van der Waals surface area contributed by atoms with Gasteiger partial charge in [-0.1, -0.05) is 30.7 Å². The Morgan fingerprint density at radius 1 is 0.857 bits per heavy atom. The Morgan fingerprint density at radius 2 is 1.51 bits per heavy atom. The van der Waals surface area contributed by atoms with E-state index in [2.05, 4.69) is 4.90 Å². The highest BCUT2D eigenvalue weighted by Gasteiger charge is 2.44. The largest absolute Gasteiger partial charge is 0.508 e. The van der Waals surface area contributed by atoms with Crippen LogP contribution in [0.2, 0.25) is 0 Å². The van der Waals surface area contributed by atoms with Crippen LogP contribution in [0.25, 0.3) is 0 Å². The van der Waals surface area contributed by atoms with Crippen molar-refractivity contribution in [2.45, 2.75) is 35.5 Å². The molecule has 184 valence electrons. The Hall–Kier alpha value is -3.23. The summed E-state index contributed by atoms with van der Waals surface area (Å²) in [6.07, 6.45) is 2.93. The molecule has 2 aliphatic heterocycles. The average Bonchev–Trinajstić information content (AvgIpc) is 2.85. The fraction of sp³-hybridized carbons (Fsp3) is 0.333. The van der Waals surface area contributed by atoms with Crippen molar-refractivity contribution >= 4 is 9.84 Å². The number of sulfone groups is 1. The number of fused-ring (bicyclic) bond motifs is 1. The molecule has 0 spiro atoms. The summed E-state index contributed by atoms with van der Waals surface area (Å²) in [5, 5.41) is 18.6. The minimum atomic E-state index is -3.85. The highest BCUT2D eigenvalue weighted by Crippen LogP contribution is 2.49. The van der Waals surface area contributed by atoms with Crippen LogP contribution in [-0.2, 0) is 9.84 Å². The molecule has 2 aliphatic rings. The lowest BCUT2D eigenvalue weighted by atomic mass is 10.00. The molecule has 7 nitrogen and oxygen atoms in total. The molecule has 8 heteroatoms. The van der Waals surface area contributed by atoms with Crippen LogP contribution in [0.1, 0.15) is 41.7 Å². The van der Waals surface area contributed by atoms with Gasteiger partial charge in [0.25, 0.3) is 0 Å². The van der Waals surface area contributed by atoms with Crippen molar-refractivity contribution in [3.05, 3.63) is 77.9 Å². The number of nitrogens with zero attached hydrogens (tertiary/aromatic N) is 1. The molecule has 2 N–H and O–H groups in total. The second kappa shape index (κ2) is 9.79. The number of hydrogen-bond donors (Lipinski definition) is 2. The van der Waals surface area contributed by atoms with Gasteiger partial charge in [-0.15, -0.1) is 0 Å². The first kappa shape index (κ1) is 23.5. The summed E-state index contributed by atoms with van der Waals surface area (Å²) in [4.78, 5) is 2.44. The fourth-order valence-electron chi connectivity index (χ4n) is 4.81. The number of benzene rings is 3. The van der Waals surface area contributed by atoms with Crippen LogP contribution in [-0.4, -0.2) is 49.8 Å². The van der Waals surface area contributed by atoms with Gasteiger partial charge in [-0.25, -0.2) is 8.42 Å². The van der Waals surface area contributed by atoms with E-state index < -0.39 is 21.2 Å². The SMILES string of the molecule is O=S1(=O)c2ccc(O)cc2O[C@H](c2ccc(OCCN3CCCCC3)cc2)C1c1ccc(O)cc1. The molecule has 3 aromatic rings. The first-order chi connectivity index (χ1) is 16.9. The maximum Gasteiger partial charge on any atom is 0.193 e. The second-order valence-electron chi connectivity index (χ2n) is 9.05. The van der Waals surface area contributed by atoms with E-state index in [1.54, 1.807) is 12.1 Å². The Bertz CT molecular complexity index is 1270. The van der Waals surface area contributed by atoms with Gasteiger partial charge in [0, 0.05) is 12.6 Å². The molecule has 2 atom stereocenters. The summed E-state index contributed by atoms with van der Waals surface area (Å²) in [6, 6.07) is 17.4. The van der Waals surface area contributed by atoms with Gasteiger partial charge in [0.2, 0.25) is 0 Å². The monoisotopic (exact) mass is 495 g/mol. The quantitative estimate of drug-likeness (QED) is 0.515. The Kier molecular flexibility index (Phi) is 6.58. The molecule has 0 bridgehead atoms. The highest BCUT2D eigenvalue weighted by atomic mass is 32.2. The van der Waals surface area contributed by atoms with Gasteiger partial charge < -0.3 is 19.7 Å². The Morgan fingerprint density at radius 3 is 2.23 bits per heavy atom. The number of phenols is 2. The molecule has 0 saturated carbocycles. The molecule has 5 rings (SSSR count). The van der Waals surface area contributed by atoms with Crippen LogP contribution in [0.4, 0.5) is 0 Å². The number of likely N-dealkylation sites (tertiary alicyclic amines) is 1. The van der Waals surface area contributed by atoms with Gasteiger partial charge in [-0.05, 0) is 73.5 Å². The van der Waals surface area contributed by atoms with Gasteiger partial charge in [0.05, 0.1) is 0 Å². The molecule has 1 fully saturated rings. The third-order valence-electron chi connectivity index (χ3n) is 6.65. The third-order valence-corrected chi connectivity index (χ3v) is 8.79. The van der Waals surface area contributed by atoms with Crippen molar-refractivity contribution in [2.75, 3.05) is 26.2 Å². The second-order valence-corrected chi connectivity index (χ2v) is 11.1. The summed E-state index contributed by atoms with van der Waals surface area (Å²) in [6.45, 7) is 3.71. The molecule has 1 unspecified atom stereocenters. The van der Waals surface area contributed by atoms with Crippen LogP contribution < -0.4 is 9.47 Å². The zero-order valence-corrected chi connectivity index (χ0v) is 20.2. The smallest absolute Gasteiger partial charge is 0.193 e. The summed E-state index contributed by atoms with van der Waals surface area (Å²) in [5.41, 5.74) is 1.18. The minimum absolute atomic E-state index is 0.0299. The normalized spacial score (nSPS) is 21.6. The van der Waals surface area contributed by atoms with Crippen molar-refractivity contribution in [3.63, 3.8) is 0 Å². The number of rotatable bonds is 6. The van der Waals surface area contributed by atoms with Crippen LogP contribution in [0.3, 0.4) is 0 Å². The Balaban J connectivity index is 1.41. The van der Waals surface area contributed by atoms with E-state index in [9.17, 15) is 18.6 Å². The van der Waals surface area contributed by atoms with E-state index in [1.165, 1.54) is 49.6 Å². The van der Waals surface area contributed by atoms with E-state index in [-0.39, 0.29) is 22.1 Å². The maximum atomic E-state index is 13.7. The lowest BCUT2D eigenvalue weighted by Gasteiger charge is -2.34. The third kappa shape index (κ3) is 4.94. The standard InChI is InChI=1S/C27H29NO6S/c29-21-8-4-20(5-9-21)27-26(34-24-18-22(30)10-13-25(24)35(27,31)32)19-6-11-23(12-7-19)33-17-16-28-14-2-1-3-15-28/h4-13,18,26-27,29-30H,1-3,14-17H2/t26-,27?/m1/s1. The van der Waals surface area contributed by atoms with Crippen molar-refractivity contribution < 1.29 is 28.1 Å². The predicted octanol–water partition coefficient (Wildman–Crippen LogP) is 4.61. The van der Waals surface area contributed by atoms with Gasteiger partial charge in [0.1, 0.15) is 45.9 Å². The van der Waals surface area contributed by atoms with E-state index in [4.69, 9.17) is 9.47 Å². The number of aromatic hydroxyl groups is 2. The van der Waals surface area contributed by atoms with Crippen molar-refractivity contribution in [3.8, 4) is 23.0 Å². The molecule has 1 saturated heterocycles. The van der Waals surface area contributed by atoms with Crippen LogP contribution in [0.5, 0.6) is 23.0 Å². The first-order valence-electron chi connectivity index (χ1n) is 11.9. The lowest BCUT2D eigenvalue weighted by molar-refractivity contribution is 0.181. The van der Waals surface area contributed by atoms with Crippen LogP contribution in [0, 0.1) is 0 Å². The van der Waals surface area contributed by atoms with Crippen molar-refractivity contribution in [1.82, 2.24) is 4.90 Å². The minimum Gasteiger partial charge on any atom is -0.508 e. The summed E-state index contributed by atoms with van der Waals surface area (Å²) in [5.74, 6) is 0.810. The van der Waals surface area contributed by atoms with Crippen molar-refractivity contribution in [2.24, 2.45) is 0 Å². The van der Waals surface area contributed by atoms with Crippen LogP contribution >= 0.6 is 0 Å². The predicted molar refractivity (Wildman–Crippen MR) is 132 cm³/mol. The first-order valence-corrected chi connectivity index (χ1v) is 13.4. The Labute approximate surface area is 205 Å². The number of piperidine rings is 1. The van der Waals surface area contributed by atoms with Gasteiger partial charge in [-0.3, -0.25) is 4.90 Å². The summed E-state index contributed by atoms with van der Waals surface area (Å²) < 4.78 is 39.5. The molecule has 0 radical (unpaired) electrons. The maximum absolute atomic E-state index is 13.7. The topological polar surface area (TPSA) is 96.3 Å². The zero-order valence-electron chi connectivity index (χ0n) is 19.3. The molecule has 3 aromatic carbocycles. The molecule has 0 aliphatic carbocycles. The number of hydrogen-bond acceptors (Lipinski definition) is 7. The number of ether oxygens (including phenoxy) is 2. The molecular weight excluding hydrogens is 466 g/mol. The van der Waals surface area contributed by atoms with E-state index >= 15 is 0 Å². The molecule has 0 amide bonds. The zero-order chi connectivity index (χ0) is 24.4. The van der Waals surface area contributed by atoms with E-state index in [0.717, 1.165) is 19.6 Å². The van der Waals surface area contributed by atoms with E-state index in [0.29, 0.717) is 23.5 Å².